The van der Waals surface area contributed by atoms with Crippen molar-refractivity contribution in [1.29, 1.82) is 0 Å². The molecule has 3 rings (SSSR count). The third kappa shape index (κ3) is 5.21. The summed E-state index contributed by atoms with van der Waals surface area (Å²) in [6, 6.07) is 6.10. The molecule has 1 atom stereocenters. The minimum Gasteiger partial charge on any atom is -0.493 e. The largest absolute Gasteiger partial charge is 0.493 e. The van der Waals surface area contributed by atoms with E-state index in [4.69, 9.17) is 15.2 Å². The molecule has 172 valence electrons. The minimum absolute atomic E-state index is 0.104. The van der Waals surface area contributed by atoms with Crippen LogP contribution in [0.3, 0.4) is 0 Å². The van der Waals surface area contributed by atoms with Gasteiger partial charge < -0.3 is 20.5 Å². The monoisotopic (exact) mass is 451 g/mol. The van der Waals surface area contributed by atoms with Crippen molar-refractivity contribution in [2.24, 2.45) is 5.73 Å². The SMILES string of the molecule is COc1cc(NC(C)CCCN)c2ncc(C)cc2c1Oc1ccc(F)c(C(F)(F)F)c1. The second kappa shape index (κ2) is 9.60. The van der Waals surface area contributed by atoms with E-state index in [9.17, 15) is 17.6 Å². The molecule has 0 fully saturated rings. The molecule has 0 spiro atoms. The van der Waals surface area contributed by atoms with E-state index in [1.54, 1.807) is 12.3 Å². The molecule has 0 amide bonds. The molecule has 0 bridgehead atoms. The van der Waals surface area contributed by atoms with Crippen molar-refractivity contribution in [2.45, 2.75) is 38.9 Å². The first-order valence-electron chi connectivity index (χ1n) is 10.1. The van der Waals surface area contributed by atoms with Gasteiger partial charge in [0.25, 0.3) is 0 Å². The Balaban J connectivity index is 2.10. The van der Waals surface area contributed by atoms with Crippen LogP contribution in [0.4, 0.5) is 23.2 Å². The molecule has 0 aliphatic rings. The average molecular weight is 451 g/mol. The van der Waals surface area contributed by atoms with E-state index in [0.29, 0.717) is 35.0 Å². The van der Waals surface area contributed by atoms with E-state index in [1.165, 1.54) is 7.11 Å². The highest BCUT2D eigenvalue weighted by molar-refractivity contribution is 5.97. The van der Waals surface area contributed by atoms with Crippen molar-refractivity contribution in [2.75, 3.05) is 19.0 Å². The molecule has 1 unspecified atom stereocenters. The summed E-state index contributed by atoms with van der Waals surface area (Å²) in [5.41, 5.74) is 6.29. The molecule has 0 radical (unpaired) electrons. The number of methoxy groups -OCH3 is 1. The molecule has 0 aliphatic carbocycles. The van der Waals surface area contributed by atoms with Crippen molar-refractivity contribution in [1.82, 2.24) is 4.98 Å². The molecule has 1 aromatic heterocycles. The number of aryl methyl sites for hydroxylation is 1. The van der Waals surface area contributed by atoms with Gasteiger partial charge in [-0.3, -0.25) is 4.98 Å². The maximum Gasteiger partial charge on any atom is 0.419 e. The highest BCUT2D eigenvalue weighted by Crippen LogP contribution is 2.43. The van der Waals surface area contributed by atoms with Crippen molar-refractivity contribution in [3.63, 3.8) is 0 Å². The number of alkyl halides is 3. The lowest BCUT2D eigenvalue weighted by Crippen LogP contribution is -2.17. The fourth-order valence-corrected chi connectivity index (χ4v) is 3.39. The zero-order valence-corrected chi connectivity index (χ0v) is 18.0. The van der Waals surface area contributed by atoms with Gasteiger partial charge in [0, 0.05) is 23.7 Å². The number of aromatic nitrogens is 1. The van der Waals surface area contributed by atoms with E-state index >= 15 is 0 Å². The maximum absolute atomic E-state index is 13.7. The first-order chi connectivity index (χ1) is 15.1. The van der Waals surface area contributed by atoms with Crippen LogP contribution in [0, 0.1) is 12.7 Å². The number of anilines is 1. The standard InChI is InChI=1S/C23H25F4N3O2/c1-13-9-16-21(29-12-13)19(30-14(2)5-4-8-28)11-20(31-3)22(16)32-15-6-7-18(24)17(10-15)23(25,26)27/h6-7,9-12,14,30H,4-5,8,28H2,1-3H3. The van der Waals surface area contributed by atoms with Crippen molar-refractivity contribution in [3.8, 4) is 17.2 Å². The summed E-state index contributed by atoms with van der Waals surface area (Å²) < 4.78 is 64.4. The van der Waals surface area contributed by atoms with Gasteiger partial charge in [-0.05, 0) is 63.1 Å². The van der Waals surface area contributed by atoms with Crippen LogP contribution < -0.4 is 20.5 Å². The third-order valence-corrected chi connectivity index (χ3v) is 4.95. The van der Waals surface area contributed by atoms with Gasteiger partial charge in [0.15, 0.2) is 11.5 Å². The molecule has 32 heavy (non-hydrogen) atoms. The smallest absolute Gasteiger partial charge is 0.419 e. The van der Waals surface area contributed by atoms with Gasteiger partial charge in [0.1, 0.15) is 11.6 Å². The van der Waals surface area contributed by atoms with E-state index in [2.05, 4.69) is 10.3 Å². The molecular formula is C23H25F4N3O2. The number of hydrogen-bond donors (Lipinski definition) is 2. The quantitative estimate of drug-likeness (QED) is 0.409. The Bertz CT molecular complexity index is 1100. The highest BCUT2D eigenvalue weighted by Gasteiger charge is 2.34. The number of rotatable bonds is 8. The van der Waals surface area contributed by atoms with Crippen LogP contribution in [0.15, 0.2) is 36.5 Å². The van der Waals surface area contributed by atoms with E-state index < -0.39 is 17.6 Å². The molecule has 2 aromatic carbocycles. The summed E-state index contributed by atoms with van der Waals surface area (Å²) in [7, 11) is 1.44. The van der Waals surface area contributed by atoms with Gasteiger partial charge >= 0.3 is 6.18 Å². The number of fused-ring (bicyclic) bond motifs is 1. The predicted octanol–water partition coefficient (Wildman–Crippen LogP) is 6.04. The number of nitrogens with two attached hydrogens (primary N) is 1. The van der Waals surface area contributed by atoms with E-state index in [0.717, 1.165) is 30.5 Å². The number of halogens is 4. The van der Waals surface area contributed by atoms with Gasteiger partial charge in [-0.1, -0.05) is 0 Å². The maximum atomic E-state index is 13.7. The molecule has 9 heteroatoms. The Hall–Kier alpha value is -3.07. The average Bonchev–Trinajstić information content (AvgIpc) is 2.74. The Morgan fingerprint density at radius 1 is 1.19 bits per heavy atom. The third-order valence-electron chi connectivity index (χ3n) is 4.95. The number of hydrogen-bond acceptors (Lipinski definition) is 5. The van der Waals surface area contributed by atoms with Gasteiger partial charge in [-0.15, -0.1) is 0 Å². The second-order valence-corrected chi connectivity index (χ2v) is 7.58. The number of nitrogens with one attached hydrogen (secondary N) is 1. The van der Waals surface area contributed by atoms with Crippen LogP contribution in [0.2, 0.25) is 0 Å². The van der Waals surface area contributed by atoms with Crippen LogP contribution in [0.5, 0.6) is 17.2 Å². The number of pyridine rings is 1. The van der Waals surface area contributed by atoms with Gasteiger partial charge in [-0.2, -0.15) is 13.2 Å². The molecule has 1 heterocycles. The zero-order chi connectivity index (χ0) is 23.5. The van der Waals surface area contributed by atoms with Crippen molar-refractivity contribution >= 4 is 16.6 Å². The fourth-order valence-electron chi connectivity index (χ4n) is 3.39. The molecule has 3 N–H and O–H groups in total. The summed E-state index contributed by atoms with van der Waals surface area (Å²) in [5, 5.41) is 3.94. The Labute approximate surface area is 183 Å². The van der Waals surface area contributed by atoms with Crippen LogP contribution >= 0.6 is 0 Å². The zero-order valence-electron chi connectivity index (χ0n) is 18.0. The number of benzene rings is 2. The molecule has 3 aromatic rings. The molecule has 5 nitrogen and oxygen atoms in total. The lowest BCUT2D eigenvalue weighted by molar-refractivity contribution is -0.140. The lowest BCUT2D eigenvalue weighted by atomic mass is 10.1. The summed E-state index contributed by atoms with van der Waals surface area (Å²) in [6.45, 7) is 4.44. The molecule has 0 aliphatic heterocycles. The first-order valence-corrected chi connectivity index (χ1v) is 10.1. The highest BCUT2D eigenvalue weighted by atomic mass is 19.4. The van der Waals surface area contributed by atoms with E-state index in [-0.39, 0.29) is 17.5 Å². The fraction of sp³-hybridized carbons (Fsp3) is 0.348. The minimum atomic E-state index is -4.85. The van der Waals surface area contributed by atoms with Crippen molar-refractivity contribution < 1.29 is 27.0 Å². The normalized spacial score (nSPS) is 12.6. The van der Waals surface area contributed by atoms with Crippen LogP contribution in [0.1, 0.15) is 30.9 Å². The van der Waals surface area contributed by atoms with Crippen LogP contribution in [-0.2, 0) is 6.18 Å². The lowest BCUT2D eigenvalue weighted by Gasteiger charge is -2.20. The van der Waals surface area contributed by atoms with Crippen molar-refractivity contribution in [3.05, 3.63) is 53.5 Å². The van der Waals surface area contributed by atoms with Crippen LogP contribution in [0.25, 0.3) is 10.9 Å². The summed E-state index contributed by atoms with van der Waals surface area (Å²) in [5.74, 6) is -1.04. The molecule has 0 saturated heterocycles. The summed E-state index contributed by atoms with van der Waals surface area (Å²) in [6.07, 6.45) is -1.46. The summed E-state index contributed by atoms with van der Waals surface area (Å²) >= 11 is 0. The second-order valence-electron chi connectivity index (χ2n) is 7.58. The molecule has 0 saturated carbocycles. The topological polar surface area (TPSA) is 69.4 Å². The van der Waals surface area contributed by atoms with Gasteiger partial charge in [0.05, 0.1) is 23.9 Å². The Kier molecular flexibility index (Phi) is 7.08. The Morgan fingerprint density at radius 2 is 1.94 bits per heavy atom. The number of ether oxygens (including phenoxy) is 2. The first kappa shape index (κ1) is 23.6. The van der Waals surface area contributed by atoms with E-state index in [1.807, 2.05) is 19.9 Å². The Morgan fingerprint density at radius 3 is 2.59 bits per heavy atom. The van der Waals surface area contributed by atoms with Gasteiger partial charge in [-0.25, -0.2) is 4.39 Å². The van der Waals surface area contributed by atoms with Crippen LogP contribution in [-0.4, -0.2) is 24.7 Å². The van der Waals surface area contributed by atoms with Gasteiger partial charge in [0.2, 0.25) is 0 Å². The molecular weight excluding hydrogens is 426 g/mol. The number of nitrogens with zero attached hydrogens (tertiary/aromatic N) is 1. The summed E-state index contributed by atoms with van der Waals surface area (Å²) in [4.78, 5) is 4.50. The predicted molar refractivity (Wildman–Crippen MR) is 116 cm³/mol.